The van der Waals surface area contributed by atoms with Crippen molar-refractivity contribution in [2.75, 3.05) is 59.4 Å². The Bertz CT molecular complexity index is 650. The van der Waals surface area contributed by atoms with E-state index < -0.39 is 0 Å². The van der Waals surface area contributed by atoms with Gasteiger partial charge in [0.2, 0.25) is 0 Å². The van der Waals surface area contributed by atoms with Gasteiger partial charge in [0.05, 0.1) is 6.54 Å². The molecule has 1 aliphatic carbocycles. The number of hydrogen-bond acceptors (Lipinski definition) is 3. The van der Waals surface area contributed by atoms with Crippen LogP contribution in [0.25, 0.3) is 0 Å². The van der Waals surface area contributed by atoms with Crippen LogP contribution in [0.1, 0.15) is 38.2 Å². The Hall–Kier alpha value is -0.930. The van der Waals surface area contributed by atoms with Crippen molar-refractivity contribution in [3.63, 3.8) is 0 Å². The maximum atomic E-state index is 14.2. The third kappa shape index (κ3) is 7.36. The van der Waals surface area contributed by atoms with Crippen LogP contribution >= 0.6 is 24.0 Å². The zero-order chi connectivity index (χ0) is 19.8. The molecule has 2 fully saturated rings. The van der Waals surface area contributed by atoms with Crippen molar-refractivity contribution in [2.24, 2.45) is 4.99 Å². The minimum atomic E-state index is -0.105. The molecule has 1 aromatic carbocycles. The Labute approximate surface area is 192 Å². The molecule has 0 aromatic heterocycles. The summed E-state index contributed by atoms with van der Waals surface area (Å²) in [5.74, 6) is 0.747. The number of aliphatic imine (C=N–C) groups is 1. The second-order valence-corrected chi connectivity index (χ2v) is 8.23. The van der Waals surface area contributed by atoms with Crippen LogP contribution < -0.4 is 10.6 Å². The van der Waals surface area contributed by atoms with Crippen LogP contribution in [-0.4, -0.2) is 75.2 Å². The molecule has 0 radical (unpaired) electrons. The zero-order valence-corrected chi connectivity index (χ0v) is 20.3. The van der Waals surface area contributed by atoms with Crippen molar-refractivity contribution >= 4 is 29.9 Å². The number of guanidine groups is 1. The van der Waals surface area contributed by atoms with Gasteiger partial charge in [-0.1, -0.05) is 18.2 Å². The molecule has 0 unspecified atom stereocenters. The highest BCUT2D eigenvalue weighted by Gasteiger charge is 2.45. The van der Waals surface area contributed by atoms with E-state index in [4.69, 9.17) is 4.99 Å². The molecule has 3 rings (SSSR count). The first-order valence-corrected chi connectivity index (χ1v) is 10.8. The molecule has 1 saturated carbocycles. The van der Waals surface area contributed by atoms with Crippen LogP contribution in [0.3, 0.4) is 0 Å². The highest BCUT2D eigenvalue weighted by molar-refractivity contribution is 14.0. The van der Waals surface area contributed by atoms with Crippen LogP contribution in [0.2, 0.25) is 0 Å². The summed E-state index contributed by atoms with van der Waals surface area (Å²) in [5, 5.41) is 6.79. The van der Waals surface area contributed by atoms with E-state index in [-0.39, 0.29) is 35.2 Å². The number of nitrogens with one attached hydrogen (secondary N) is 2. The summed E-state index contributed by atoms with van der Waals surface area (Å²) >= 11 is 0. The number of hydrogen-bond donors (Lipinski definition) is 2. The minimum Gasteiger partial charge on any atom is -0.357 e. The van der Waals surface area contributed by atoms with Crippen LogP contribution in [0.15, 0.2) is 29.3 Å². The lowest BCUT2D eigenvalue weighted by Gasteiger charge is -2.20. The number of nitrogens with zero attached hydrogens (tertiary/aromatic N) is 3. The normalized spacial score (nSPS) is 19.9. The Kier molecular flexibility index (Phi) is 10.1. The Morgan fingerprint density at radius 3 is 2.66 bits per heavy atom. The highest BCUT2D eigenvalue weighted by atomic mass is 127. The number of rotatable bonds is 8. The van der Waals surface area contributed by atoms with Crippen molar-refractivity contribution in [2.45, 2.75) is 38.0 Å². The van der Waals surface area contributed by atoms with Gasteiger partial charge >= 0.3 is 0 Å². The predicted octanol–water partition coefficient (Wildman–Crippen LogP) is 3.06. The van der Waals surface area contributed by atoms with Crippen molar-refractivity contribution in [3.05, 3.63) is 35.6 Å². The Morgan fingerprint density at radius 2 is 1.93 bits per heavy atom. The van der Waals surface area contributed by atoms with Crippen molar-refractivity contribution in [1.82, 2.24) is 20.4 Å². The van der Waals surface area contributed by atoms with Gasteiger partial charge in [-0.3, -0.25) is 4.99 Å². The topological polar surface area (TPSA) is 42.9 Å². The monoisotopic (exact) mass is 517 g/mol. The van der Waals surface area contributed by atoms with Gasteiger partial charge in [-0.25, -0.2) is 4.39 Å². The minimum absolute atomic E-state index is 0. The highest BCUT2D eigenvalue weighted by Crippen LogP contribution is 2.49. The smallest absolute Gasteiger partial charge is 0.191 e. The molecule has 5 nitrogen and oxygen atoms in total. The molecule has 0 bridgehead atoms. The molecule has 164 valence electrons. The van der Waals surface area contributed by atoms with Gasteiger partial charge in [-0.15, -0.1) is 24.0 Å². The van der Waals surface area contributed by atoms with Crippen LogP contribution in [0.4, 0.5) is 4.39 Å². The van der Waals surface area contributed by atoms with E-state index in [1.54, 1.807) is 12.1 Å². The quantitative estimate of drug-likeness (QED) is 0.241. The fourth-order valence-corrected chi connectivity index (χ4v) is 3.96. The fraction of sp³-hybridized carbons (Fsp3) is 0.682. The first-order chi connectivity index (χ1) is 13.6. The zero-order valence-electron chi connectivity index (χ0n) is 17.9. The molecule has 29 heavy (non-hydrogen) atoms. The van der Waals surface area contributed by atoms with E-state index in [9.17, 15) is 4.39 Å². The van der Waals surface area contributed by atoms with Crippen LogP contribution in [0.5, 0.6) is 0 Å². The summed E-state index contributed by atoms with van der Waals surface area (Å²) in [5.41, 5.74) is 0.715. The second kappa shape index (κ2) is 12.1. The van der Waals surface area contributed by atoms with E-state index >= 15 is 0 Å². The molecule has 0 atom stereocenters. The Morgan fingerprint density at radius 1 is 1.14 bits per heavy atom. The van der Waals surface area contributed by atoms with Crippen LogP contribution in [-0.2, 0) is 5.41 Å². The van der Waals surface area contributed by atoms with Gasteiger partial charge in [0.1, 0.15) is 5.82 Å². The third-order valence-electron chi connectivity index (χ3n) is 5.94. The lowest BCUT2D eigenvalue weighted by atomic mass is 9.95. The summed E-state index contributed by atoms with van der Waals surface area (Å²) in [6.45, 7) is 10.3. The lowest BCUT2D eigenvalue weighted by Crippen LogP contribution is -2.39. The summed E-state index contributed by atoms with van der Waals surface area (Å²) < 4.78 is 14.2. The standard InChI is InChI=1S/C22H36FN5.HI/c1-3-24-21(25-12-6-14-28-15-7-13-27(2)16-17-28)26-18-22(10-11-22)19-8-4-5-9-20(19)23;/h4-5,8-9H,3,6-7,10-18H2,1-2H3,(H2,24,25,26);1H. The average molecular weight is 517 g/mol. The van der Waals surface area contributed by atoms with E-state index in [0.717, 1.165) is 63.5 Å². The van der Waals surface area contributed by atoms with E-state index in [2.05, 4.69) is 34.4 Å². The number of likely N-dealkylation sites (N-methyl/N-ethyl adjacent to an activating group) is 1. The molecule has 1 aromatic rings. The van der Waals surface area contributed by atoms with Gasteiger partial charge in [0, 0.05) is 31.6 Å². The maximum Gasteiger partial charge on any atom is 0.191 e. The van der Waals surface area contributed by atoms with E-state index in [1.807, 2.05) is 12.1 Å². The van der Waals surface area contributed by atoms with Crippen molar-refractivity contribution < 1.29 is 4.39 Å². The van der Waals surface area contributed by atoms with Gasteiger partial charge < -0.3 is 20.4 Å². The summed E-state index contributed by atoms with van der Waals surface area (Å²) in [4.78, 5) is 9.76. The van der Waals surface area contributed by atoms with E-state index in [0.29, 0.717) is 6.54 Å². The summed E-state index contributed by atoms with van der Waals surface area (Å²) in [6, 6.07) is 7.15. The molecule has 2 aliphatic rings. The van der Waals surface area contributed by atoms with Crippen molar-refractivity contribution in [3.8, 4) is 0 Å². The average Bonchev–Trinajstić information content (AvgIpc) is 3.49. The SMILES string of the molecule is CCNC(=NCC1(c2ccccc2F)CC1)NCCCN1CCCN(C)CC1.I. The second-order valence-electron chi connectivity index (χ2n) is 8.23. The Balaban J connectivity index is 0.00000300. The fourth-order valence-electron chi connectivity index (χ4n) is 3.96. The first-order valence-electron chi connectivity index (χ1n) is 10.8. The molecule has 2 N–H and O–H groups in total. The molecule has 1 saturated heterocycles. The third-order valence-corrected chi connectivity index (χ3v) is 5.94. The molecular formula is C22H37FIN5. The number of benzene rings is 1. The predicted molar refractivity (Wildman–Crippen MR) is 130 cm³/mol. The van der Waals surface area contributed by atoms with Crippen LogP contribution in [0, 0.1) is 5.82 Å². The lowest BCUT2D eigenvalue weighted by molar-refractivity contribution is 0.274. The molecule has 0 spiro atoms. The molecule has 1 aliphatic heterocycles. The van der Waals surface area contributed by atoms with E-state index in [1.165, 1.54) is 19.5 Å². The summed E-state index contributed by atoms with van der Waals surface area (Å²) in [7, 11) is 2.21. The molecule has 7 heteroatoms. The maximum absolute atomic E-state index is 14.2. The van der Waals surface area contributed by atoms with Gasteiger partial charge in [0.25, 0.3) is 0 Å². The number of halogens is 2. The van der Waals surface area contributed by atoms with Gasteiger partial charge in [0.15, 0.2) is 5.96 Å². The summed E-state index contributed by atoms with van der Waals surface area (Å²) in [6.07, 6.45) is 4.39. The van der Waals surface area contributed by atoms with Gasteiger partial charge in [-0.05, 0) is 70.9 Å². The van der Waals surface area contributed by atoms with Gasteiger partial charge in [-0.2, -0.15) is 0 Å². The first kappa shape index (κ1) is 24.3. The molecule has 0 amide bonds. The largest absolute Gasteiger partial charge is 0.357 e. The molecule has 1 heterocycles. The van der Waals surface area contributed by atoms with Crippen molar-refractivity contribution in [1.29, 1.82) is 0 Å². The molecular weight excluding hydrogens is 480 g/mol.